The largest absolute Gasteiger partial charge is 0.478 e. The number of ether oxygens (including phenoxy) is 1. The molecule has 0 saturated carbocycles. The van der Waals surface area contributed by atoms with Gasteiger partial charge in [0.05, 0.1) is 5.56 Å². The molecule has 0 aliphatic rings. The molecule has 0 bridgehead atoms. The first-order valence-corrected chi connectivity index (χ1v) is 4.93. The smallest absolute Gasteiger partial charge is 0.343 e. The second-order valence-electron chi connectivity index (χ2n) is 4.43. The molecule has 0 aliphatic carbocycles. The highest BCUT2D eigenvalue weighted by Gasteiger charge is 2.25. The Kier molecular flexibility index (Phi) is 3.36. The van der Waals surface area contributed by atoms with Crippen LogP contribution in [0.25, 0.3) is 0 Å². The summed E-state index contributed by atoms with van der Waals surface area (Å²) in [5.41, 5.74) is 4.35. The predicted octanol–water partition coefficient (Wildman–Crippen LogP) is 1.32. The number of carboxylic acids is 1. The summed E-state index contributed by atoms with van der Waals surface area (Å²) in [6, 6.07) is 1.21. The molecule has 1 aromatic rings. The molecular formula is C11H14N2O4. The Morgan fingerprint density at radius 2 is 2.00 bits per heavy atom. The number of carbonyl (C=O) groups excluding carboxylic acids is 1. The molecule has 0 spiro atoms. The van der Waals surface area contributed by atoms with Gasteiger partial charge in [0.2, 0.25) is 0 Å². The fraction of sp³-hybridized carbons (Fsp3) is 0.364. The molecule has 0 aromatic carbocycles. The van der Waals surface area contributed by atoms with Crippen molar-refractivity contribution < 1.29 is 19.4 Å². The van der Waals surface area contributed by atoms with Gasteiger partial charge in [-0.1, -0.05) is 0 Å². The summed E-state index contributed by atoms with van der Waals surface area (Å²) in [6.45, 7) is 5.04. The summed E-state index contributed by atoms with van der Waals surface area (Å²) in [7, 11) is 0. The van der Waals surface area contributed by atoms with Gasteiger partial charge in [-0.15, -0.1) is 0 Å². The van der Waals surface area contributed by atoms with Crippen LogP contribution in [0.1, 0.15) is 41.5 Å². The standard InChI is InChI=1S/C11H14N2O4/c1-11(2,3)17-10(16)7-6(9(14)15)4-5-13-8(7)12/h4-5H,1-3H3,(H2,12,13)(H,14,15). The second kappa shape index (κ2) is 4.40. The van der Waals surface area contributed by atoms with Crippen LogP contribution in [0.4, 0.5) is 5.82 Å². The molecule has 1 heterocycles. The number of aromatic nitrogens is 1. The minimum absolute atomic E-state index is 0.154. The lowest BCUT2D eigenvalue weighted by Gasteiger charge is -2.20. The van der Waals surface area contributed by atoms with Crippen molar-refractivity contribution in [3.63, 3.8) is 0 Å². The van der Waals surface area contributed by atoms with Gasteiger partial charge in [-0.2, -0.15) is 0 Å². The lowest BCUT2D eigenvalue weighted by Crippen LogP contribution is -2.26. The molecule has 0 atom stereocenters. The molecule has 92 valence electrons. The van der Waals surface area contributed by atoms with Crippen LogP contribution < -0.4 is 5.73 Å². The number of hydrogen-bond donors (Lipinski definition) is 2. The van der Waals surface area contributed by atoms with Crippen molar-refractivity contribution >= 4 is 17.8 Å². The van der Waals surface area contributed by atoms with Crippen LogP contribution in [0, 0.1) is 0 Å². The number of nitrogens with two attached hydrogens (primary N) is 1. The number of rotatable bonds is 2. The zero-order valence-electron chi connectivity index (χ0n) is 9.85. The monoisotopic (exact) mass is 238 g/mol. The van der Waals surface area contributed by atoms with E-state index in [4.69, 9.17) is 15.6 Å². The average molecular weight is 238 g/mol. The predicted molar refractivity (Wildman–Crippen MR) is 60.8 cm³/mol. The van der Waals surface area contributed by atoms with Gasteiger partial charge < -0.3 is 15.6 Å². The molecule has 6 heteroatoms. The molecule has 1 rings (SSSR count). The first-order valence-electron chi connectivity index (χ1n) is 4.93. The number of nitrogen functional groups attached to an aromatic ring is 1. The van der Waals surface area contributed by atoms with Crippen LogP contribution >= 0.6 is 0 Å². The maximum atomic E-state index is 11.8. The van der Waals surface area contributed by atoms with Gasteiger partial charge >= 0.3 is 11.9 Å². The molecule has 0 fully saturated rings. The highest BCUT2D eigenvalue weighted by molar-refractivity contribution is 6.05. The van der Waals surface area contributed by atoms with E-state index in [0.29, 0.717) is 0 Å². The van der Waals surface area contributed by atoms with E-state index in [1.54, 1.807) is 20.8 Å². The average Bonchev–Trinajstić information content (AvgIpc) is 2.13. The summed E-state index contributed by atoms with van der Waals surface area (Å²) in [4.78, 5) is 26.4. The van der Waals surface area contributed by atoms with Gasteiger partial charge in [0.15, 0.2) is 0 Å². The van der Waals surface area contributed by atoms with Crippen molar-refractivity contribution in [3.8, 4) is 0 Å². The Bertz CT molecular complexity index is 463. The quantitative estimate of drug-likeness (QED) is 0.753. The van der Waals surface area contributed by atoms with Gasteiger partial charge in [-0.25, -0.2) is 14.6 Å². The number of nitrogens with zero attached hydrogens (tertiary/aromatic N) is 1. The van der Waals surface area contributed by atoms with Crippen LogP contribution in [0.2, 0.25) is 0 Å². The number of esters is 1. The fourth-order valence-corrected chi connectivity index (χ4v) is 1.20. The molecule has 0 radical (unpaired) electrons. The number of carboxylic acid groups (broad SMARTS) is 1. The molecule has 0 aliphatic heterocycles. The van der Waals surface area contributed by atoms with Gasteiger partial charge in [-0.05, 0) is 26.8 Å². The number of aromatic carboxylic acids is 1. The highest BCUT2D eigenvalue weighted by Crippen LogP contribution is 2.19. The Hall–Kier alpha value is -2.11. The fourth-order valence-electron chi connectivity index (χ4n) is 1.20. The van der Waals surface area contributed by atoms with Crippen molar-refractivity contribution in [2.24, 2.45) is 0 Å². The topological polar surface area (TPSA) is 103 Å². The van der Waals surface area contributed by atoms with E-state index < -0.39 is 17.5 Å². The molecule has 0 saturated heterocycles. The minimum Gasteiger partial charge on any atom is -0.478 e. The van der Waals surface area contributed by atoms with Gasteiger partial charge in [-0.3, -0.25) is 0 Å². The zero-order chi connectivity index (χ0) is 13.2. The zero-order valence-corrected chi connectivity index (χ0v) is 9.85. The highest BCUT2D eigenvalue weighted by atomic mass is 16.6. The van der Waals surface area contributed by atoms with Crippen LogP contribution in [0.15, 0.2) is 12.3 Å². The van der Waals surface area contributed by atoms with Gasteiger partial charge in [0.25, 0.3) is 0 Å². The summed E-state index contributed by atoms with van der Waals surface area (Å²) in [5.74, 6) is -2.19. The summed E-state index contributed by atoms with van der Waals surface area (Å²) < 4.78 is 5.07. The maximum absolute atomic E-state index is 11.8. The first-order chi connectivity index (χ1) is 7.72. The molecule has 0 amide bonds. The third-order valence-electron chi connectivity index (χ3n) is 1.81. The number of anilines is 1. The summed E-state index contributed by atoms with van der Waals surface area (Å²) >= 11 is 0. The molecule has 0 unspecified atom stereocenters. The van der Waals surface area contributed by atoms with Crippen molar-refractivity contribution in [1.29, 1.82) is 0 Å². The van der Waals surface area contributed by atoms with Crippen molar-refractivity contribution in [1.82, 2.24) is 4.98 Å². The van der Waals surface area contributed by atoms with Gasteiger partial charge in [0, 0.05) is 6.20 Å². The van der Waals surface area contributed by atoms with Crippen LogP contribution in [-0.2, 0) is 4.74 Å². The van der Waals surface area contributed by atoms with Crippen molar-refractivity contribution in [3.05, 3.63) is 23.4 Å². The lowest BCUT2D eigenvalue weighted by atomic mass is 10.1. The van der Waals surface area contributed by atoms with Crippen LogP contribution in [-0.4, -0.2) is 27.6 Å². The molecule has 6 nitrogen and oxygen atoms in total. The first kappa shape index (κ1) is 13.0. The van der Waals surface area contributed by atoms with E-state index in [0.717, 1.165) is 0 Å². The number of hydrogen-bond acceptors (Lipinski definition) is 5. The Morgan fingerprint density at radius 1 is 1.41 bits per heavy atom. The third-order valence-corrected chi connectivity index (χ3v) is 1.81. The summed E-state index contributed by atoms with van der Waals surface area (Å²) in [6.07, 6.45) is 1.23. The normalized spacial score (nSPS) is 11.0. The number of pyridine rings is 1. The molecule has 3 N–H and O–H groups in total. The van der Waals surface area contributed by atoms with E-state index in [1.807, 2.05) is 0 Å². The number of carbonyl (C=O) groups is 2. The Morgan fingerprint density at radius 3 is 2.47 bits per heavy atom. The van der Waals surface area contributed by atoms with E-state index in [-0.39, 0.29) is 16.9 Å². The maximum Gasteiger partial charge on any atom is 0.343 e. The SMILES string of the molecule is CC(C)(C)OC(=O)c1c(C(=O)O)ccnc1N. The summed E-state index contributed by atoms with van der Waals surface area (Å²) in [5, 5.41) is 8.95. The van der Waals surface area contributed by atoms with E-state index >= 15 is 0 Å². The Balaban J connectivity index is 3.21. The van der Waals surface area contributed by atoms with E-state index in [9.17, 15) is 9.59 Å². The van der Waals surface area contributed by atoms with Crippen LogP contribution in [0.5, 0.6) is 0 Å². The lowest BCUT2D eigenvalue weighted by molar-refractivity contribution is 0.00668. The van der Waals surface area contributed by atoms with Gasteiger partial charge in [0.1, 0.15) is 17.0 Å². The van der Waals surface area contributed by atoms with Crippen LogP contribution in [0.3, 0.4) is 0 Å². The molecule has 1 aromatic heterocycles. The molecule has 17 heavy (non-hydrogen) atoms. The second-order valence-corrected chi connectivity index (χ2v) is 4.43. The molecular weight excluding hydrogens is 224 g/mol. The van der Waals surface area contributed by atoms with Crippen molar-refractivity contribution in [2.45, 2.75) is 26.4 Å². The van der Waals surface area contributed by atoms with E-state index in [1.165, 1.54) is 12.3 Å². The Labute approximate surface area is 98.4 Å². The van der Waals surface area contributed by atoms with E-state index in [2.05, 4.69) is 4.98 Å². The third kappa shape index (κ3) is 3.17. The minimum atomic E-state index is -1.25. The van der Waals surface area contributed by atoms with Crippen molar-refractivity contribution in [2.75, 3.05) is 5.73 Å².